The fraction of sp³-hybridized carbons (Fsp3) is 0.458. The smallest absolute Gasteiger partial charge is 0.191 e. The maximum Gasteiger partial charge on any atom is 0.191 e. The third-order valence-electron chi connectivity index (χ3n) is 4.63. The van der Waals surface area contributed by atoms with Gasteiger partial charge in [0.25, 0.3) is 0 Å². The molecule has 0 aliphatic heterocycles. The third kappa shape index (κ3) is 7.26. The number of nitrogens with one attached hydrogen (secondary N) is 2. The summed E-state index contributed by atoms with van der Waals surface area (Å²) in [7, 11) is 5.94. The molecule has 2 aromatic rings. The Morgan fingerprint density at radius 3 is 2.20 bits per heavy atom. The highest BCUT2D eigenvalue weighted by molar-refractivity contribution is 5.80. The van der Waals surface area contributed by atoms with Crippen LogP contribution in [-0.4, -0.2) is 45.2 Å². The van der Waals surface area contributed by atoms with Crippen LogP contribution >= 0.6 is 0 Å². The molecule has 30 heavy (non-hydrogen) atoms. The van der Waals surface area contributed by atoms with Crippen molar-refractivity contribution in [3.05, 3.63) is 59.2 Å². The third-order valence-corrected chi connectivity index (χ3v) is 4.63. The summed E-state index contributed by atoms with van der Waals surface area (Å²) in [5.41, 5.74) is 3.63. The molecular formula is C24H36N4O2. The monoisotopic (exact) mass is 412 g/mol. The van der Waals surface area contributed by atoms with Crippen molar-refractivity contribution in [3.63, 3.8) is 0 Å². The highest BCUT2D eigenvalue weighted by Crippen LogP contribution is 2.30. The van der Waals surface area contributed by atoms with E-state index >= 15 is 0 Å². The lowest BCUT2D eigenvalue weighted by Crippen LogP contribution is -2.38. The number of hydrogen-bond donors (Lipinski definition) is 2. The summed E-state index contributed by atoms with van der Waals surface area (Å²) in [6.07, 6.45) is 0. The molecule has 2 N–H and O–H groups in total. The normalized spacial score (nSPS) is 12.6. The Morgan fingerprint density at radius 1 is 0.967 bits per heavy atom. The molecule has 2 aromatic carbocycles. The van der Waals surface area contributed by atoms with E-state index in [4.69, 9.17) is 9.47 Å². The van der Waals surface area contributed by atoms with E-state index in [9.17, 15) is 0 Å². The molecule has 0 bridgehead atoms. The van der Waals surface area contributed by atoms with Gasteiger partial charge in [-0.2, -0.15) is 0 Å². The quantitative estimate of drug-likeness (QED) is 0.457. The number of benzene rings is 2. The molecule has 1 atom stereocenters. The van der Waals surface area contributed by atoms with Gasteiger partial charge in [-0.15, -0.1) is 0 Å². The van der Waals surface area contributed by atoms with Crippen molar-refractivity contribution in [2.75, 3.05) is 34.4 Å². The summed E-state index contributed by atoms with van der Waals surface area (Å²) >= 11 is 0. The Labute approximate surface area is 181 Å². The van der Waals surface area contributed by atoms with Gasteiger partial charge in [0.2, 0.25) is 0 Å². The highest BCUT2D eigenvalue weighted by Gasteiger charge is 2.12. The maximum atomic E-state index is 5.75. The number of ether oxygens (including phenoxy) is 2. The van der Waals surface area contributed by atoms with Crippen LogP contribution in [0.3, 0.4) is 0 Å². The molecule has 0 fully saturated rings. The van der Waals surface area contributed by atoms with E-state index < -0.39 is 0 Å². The molecule has 0 radical (unpaired) electrons. The molecule has 0 aliphatic rings. The SMILES string of the molecule is CCOc1ccc(C(C)NC(=NC)NCc2ccc(CN(C)C)cc2)cc1OCC. The summed E-state index contributed by atoms with van der Waals surface area (Å²) in [5, 5.41) is 6.84. The van der Waals surface area contributed by atoms with E-state index in [-0.39, 0.29) is 6.04 Å². The molecule has 0 heterocycles. The number of aliphatic imine (C=N–C) groups is 1. The average Bonchev–Trinajstić information content (AvgIpc) is 2.73. The summed E-state index contributed by atoms with van der Waals surface area (Å²) in [5.74, 6) is 2.30. The minimum atomic E-state index is 0.0635. The molecule has 0 saturated heterocycles. The molecule has 6 nitrogen and oxygen atoms in total. The van der Waals surface area contributed by atoms with Crippen LogP contribution in [0.25, 0.3) is 0 Å². The lowest BCUT2D eigenvalue weighted by Gasteiger charge is -2.20. The summed E-state index contributed by atoms with van der Waals surface area (Å²) in [6, 6.07) is 14.8. The van der Waals surface area contributed by atoms with E-state index in [1.165, 1.54) is 11.1 Å². The number of rotatable bonds is 10. The van der Waals surface area contributed by atoms with Gasteiger partial charge in [0, 0.05) is 20.1 Å². The minimum Gasteiger partial charge on any atom is -0.490 e. The molecule has 0 saturated carbocycles. The Morgan fingerprint density at radius 2 is 1.60 bits per heavy atom. The Bertz CT molecular complexity index is 803. The van der Waals surface area contributed by atoms with Gasteiger partial charge in [0.15, 0.2) is 17.5 Å². The second kappa shape index (κ2) is 12.1. The lowest BCUT2D eigenvalue weighted by atomic mass is 10.1. The van der Waals surface area contributed by atoms with E-state index in [1.807, 2.05) is 26.0 Å². The van der Waals surface area contributed by atoms with Crippen molar-refractivity contribution < 1.29 is 9.47 Å². The zero-order valence-electron chi connectivity index (χ0n) is 19.2. The minimum absolute atomic E-state index is 0.0635. The largest absolute Gasteiger partial charge is 0.490 e. The van der Waals surface area contributed by atoms with Crippen LogP contribution < -0.4 is 20.1 Å². The fourth-order valence-electron chi connectivity index (χ4n) is 3.13. The van der Waals surface area contributed by atoms with Crippen LogP contribution in [0, 0.1) is 0 Å². The summed E-state index contributed by atoms with van der Waals surface area (Å²) < 4.78 is 11.4. The van der Waals surface area contributed by atoms with Crippen LogP contribution in [-0.2, 0) is 13.1 Å². The molecule has 0 amide bonds. The van der Waals surface area contributed by atoms with E-state index in [1.54, 1.807) is 7.05 Å². The van der Waals surface area contributed by atoms with Gasteiger partial charge in [-0.25, -0.2) is 0 Å². The summed E-state index contributed by atoms with van der Waals surface area (Å²) in [6.45, 7) is 8.92. The van der Waals surface area contributed by atoms with Crippen molar-refractivity contribution in [2.24, 2.45) is 4.99 Å². The molecule has 6 heteroatoms. The predicted molar refractivity (Wildman–Crippen MR) is 124 cm³/mol. The molecule has 164 valence electrons. The van der Waals surface area contributed by atoms with Gasteiger partial charge in [0.05, 0.1) is 19.3 Å². The first-order valence-corrected chi connectivity index (χ1v) is 10.6. The van der Waals surface area contributed by atoms with Crippen LogP contribution in [0.1, 0.15) is 43.5 Å². The number of nitrogens with zero attached hydrogens (tertiary/aromatic N) is 2. The molecule has 0 aliphatic carbocycles. The van der Waals surface area contributed by atoms with Gasteiger partial charge >= 0.3 is 0 Å². The van der Waals surface area contributed by atoms with Crippen molar-refractivity contribution >= 4 is 5.96 Å². The van der Waals surface area contributed by atoms with Crippen molar-refractivity contribution in [1.29, 1.82) is 0 Å². The van der Waals surface area contributed by atoms with Crippen LogP contribution in [0.4, 0.5) is 0 Å². The zero-order valence-corrected chi connectivity index (χ0v) is 19.2. The predicted octanol–water partition coefficient (Wildman–Crippen LogP) is 3.97. The first kappa shape index (κ1) is 23.5. The van der Waals surface area contributed by atoms with E-state index in [2.05, 4.69) is 71.9 Å². The van der Waals surface area contributed by atoms with Crippen molar-refractivity contribution in [2.45, 2.75) is 39.9 Å². The number of guanidine groups is 1. The molecular weight excluding hydrogens is 376 g/mol. The lowest BCUT2D eigenvalue weighted by molar-refractivity contribution is 0.287. The Balaban J connectivity index is 1.97. The second-order valence-corrected chi connectivity index (χ2v) is 7.42. The van der Waals surface area contributed by atoms with Gasteiger partial charge in [-0.1, -0.05) is 30.3 Å². The van der Waals surface area contributed by atoms with Gasteiger partial charge < -0.3 is 25.0 Å². The standard InChI is InChI=1S/C24H36N4O2/c1-7-29-22-14-13-21(15-23(22)30-8-2)18(3)27-24(25-4)26-16-19-9-11-20(12-10-19)17-28(5)6/h9-15,18H,7-8,16-17H2,1-6H3,(H2,25,26,27). The van der Waals surface area contributed by atoms with Crippen LogP contribution in [0.15, 0.2) is 47.5 Å². The van der Waals surface area contributed by atoms with Crippen LogP contribution in [0.2, 0.25) is 0 Å². The average molecular weight is 413 g/mol. The topological polar surface area (TPSA) is 58.1 Å². The Kier molecular flexibility index (Phi) is 9.48. The van der Waals surface area contributed by atoms with E-state index in [0.29, 0.717) is 19.8 Å². The van der Waals surface area contributed by atoms with E-state index in [0.717, 1.165) is 29.6 Å². The van der Waals surface area contributed by atoms with Crippen molar-refractivity contribution in [3.8, 4) is 11.5 Å². The molecule has 2 rings (SSSR count). The number of hydrogen-bond acceptors (Lipinski definition) is 4. The van der Waals surface area contributed by atoms with Gasteiger partial charge in [0.1, 0.15) is 0 Å². The van der Waals surface area contributed by atoms with Crippen molar-refractivity contribution in [1.82, 2.24) is 15.5 Å². The van der Waals surface area contributed by atoms with Gasteiger partial charge in [-0.3, -0.25) is 4.99 Å². The maximum absolute atomic E-state index is 5.75. The summed E-state index contributed by atoms with van der Waals surface area (Å²) in [4.78, 5) is 6.53. The molecule has 1 unspecified atom stereocenters. The first-order chi connectivity index (χ1) is 14.5. The Hall–Kier alpha value is -2.73. The zero-order chi connectivity index (χ0) is 21.9. The molecule has 0 spiro atoms. The highest BCUT2D eigenvalue weighted by atomic mass is 16.5. The second-order valence-electron chi connectivity index (χ2n) is 7.42. The van der Waals surface area contributed by atoms with Gasteiger partial charge in [-0.05, 0) is 63.7 Å². The van der Waals surface area contributed by atoms with Crippen LogP contribution in [0.5, 0.6) is 11.5 Å². The molecule has 0 aromatic heterocycles. The first-order valence-electron chi connectivity index (χ1n) is 10.6. The fourth-order valence-corrected chi connectivity index (χ4v) is 3.13.